The van der Waals surface area contributed by atoms with Gasteiger partial charge in [-0.15, -0.1) is 10.2 Å². The summed E-state index contributed by atoms with van der Waals surface area (Å²) in [5.41, 5.74) is 0. The van der Waals surface area contributed by atoms with Crippen LogP contribution in [0.5, 0.6) is 0 Å². The van der Waals surface area contributed by atoms with Gasteiger partial charge in [0.05, 0.1) is 19.9 Å². The third-order valence-corrected chi connectivity index (χ3v) is 5.53. The fraction of sp³-hybridized carbons (Fsp3) is 0.588. The molecule has 0 aliphatic carbocycles. The van der Waals surface area contributed by atoms with Crippen LogP contribution in [-0.4, -0.2) is 46.2 Å². The van der Waals surface area contributed by atoms with Crippen molar-refractivity contribution in [2.75, 3.05) is 25.1 Å². The molecule has 0 bridgehead atoms. The molecule has 8 heteroatoms. The predicted molar refractivity (Wildman–Crippen MR) is 95.8 cm³/mol. The zero-order valence-corrected chi connectivity index (χ0v) is 15.7. The smallest absolute Gasteiger partial charge is 0.318 e. The van der Waals surface area contributed by atoms with Gasteiger partial charge in [0.25, 0.3) is 0 Å². The number of hydrogen-bond acceptors (Lipinski definition) is 7. The molecule has 1 saturated heterocycles. The summed E-state index contributed by atoms with van der Waals surface area (Å²) in [4.78, 5) is 14.0. The van der Waals surface area contributed by atoms with Gasteiger partial charge < -0.3 is 14.1 Å². The number of aromatic nitrogens is 3. The first kappa shape index (κ1) is 17.8. The van der Waals surface area contributed by atoms with E-state index in [1.165, 1.54) is 18.9 Å². The number of carbonyl (C=O) groups is 1. The van der Waals surface area contributed by atoms with Gasteiger partial charge in [0.1, 0.15) is 11.0 Å². The molecule has 3 heterocycles. The minimum absolute atomic E-state index is 0.272. The van der Waals surface area contributed by atoms with Crippen LogP contribution in [-0.2, 0) is 16.1 Å². The maximum Gasteiger partial charge on any atom is 0.318 e. The molecule has 2 aromatic rings. The number of nitrogens with zero attached hydrogens (tertiary/aromatic N) is 4. The van der Waals surface area contributed by atoms with E-state index >= 15 is 0 Å². The average molecular weight is 364 g/mol. The van der Waals surface area contributed by atoms with Crippen LogP contribution in [0.1, 0.15) is 32.4 Å². The minimum Gasteiger partial charge on any atom is -0.468 e. The Bertz CT molecular complexity index is 693. The molecule has 1 unspecified atom stereocenters. The molecule has 0 amide bonds. The zero-order chi connectivity index (χ0) is 17.8. The molecule has 0 spiro atoms. The molecule has 1 atom stereocenters. The van der Waals surface area contributed by atoms with Crippen molar-refractivity contribution in [2.45, 2.75) is 43.6 Å². The Hall–Kier alpha value is -1.96. The third kappa shape index (κ3) is 4.18. The van der Waals surface area contributed by atoms with Crippen LogP contribution in [0.3, 0.4) is 0 Å². The molecule has 7 nitrogen and oxygen atoms in total. The number of esters is 1. The fourth-order valence-corrected chi connectivity index (χ4v) is 3.75. The first-order valence-electron chi connectivity index (χ1n) is 8.53. The van der Waals surface area contributed by atoms with Crippen molar-refractivity contribution in [1.82, 2.24) is 14.8 Å². The number of carbonyl (C=O) groups excluding carboxylic acids is 1. The van der Waals surface area contributed by atoms with E-state index in [0.29, 0.717) is 11.7 Å². The second kappa shape index (κ2) is 7.95. The summed E-state index contributed by atoms with van der Waals surface area (Å²) in [5, 5.41) is 9.09. The number of methoxy groups -OCH3 is 1. The summed E-state index contributed by atoms with van der Waals surface area (Å²) in [6, 6.07) is 3.80. The van der Waals surface area contributed by atoms with Gasteiger partial charge in [-0.05, 0) is 37.8 Å². The Balaban J connectivity index is 1.85. The van der Waals surface area contributed by atoms with Gasteiger partial charge in [-0.1, -0.05) is 18.7 Å². The summed E-state index contributed by atoms with van der Waals surface area (Å²) in [6.07, 6.45) is 3.95. The Morgan fingerprint density at radius 1 is 1.44 bits per heavy atom. The first-order chi connectivity index (χ1) is 12.1. The van der Waals surface area contributed by atoms with E-state index in [0.717, 1.165) is 43.6 Å². The van der Waals surface area contributed by atoms with Crippen molar-refractivity contribution in [1.29, 1.82) is 0 Å². The van der Waals surface area contributed by atoms with E-state index in [2.05, 4.69) is 22.0 Å². The van der Waals surface area contributed by atoms with Gasteiger partial charge >= 0.3 is 5.97 Å². The summed E-state index contributed by atoms with van der Waals surface area (Å²) in [5.74, 6) is 2.14. The van der Waals surface area contributed by atoms with Crippen LogP contribution < -0.4 is 4.90 Å². The molecule has 0 N–H and O–H groups in total. The Morgan fingerprint density at radius 3 is 2.84 bits per heavy atom. The lowest BCUT2D eigenvalue weighted by molar-refractivity contribution is -0.139. The molecule has 0 aromatic carbocycles. The van der Waals surface area contributed by atoms with Crippen molar-refractivity contribution in [3.63, 3.8) is 0 Å². The molecular formula is C17H24N4O3S. The van der Waals surface area contributed by atoms with E-state index in [4.69, 9.17) is 9.15 Å². The van der Waals surface area contributed by atoms with E-state index in [9.17, 15) is 4.79 Å². The Kier molecular flexibility index (Phi) is 5.67. The lowest BCUT2D eigenvalue weighted by Crippen LogP contribution is -2.35. The van der Waals surface area contributed by atoms with Crippen molar-refractivity contribution in [3.05, 3.63) is 24.2 Å². The number of anilines is 1. The number of thioether (sulfide) groups is 1. The average Bonchev–Trinajstić information content (AvgIpc) is 3.26. The van der Waals surface area contributed by atoms with Crippen molar-refractivity contribution < 1.29 is 13.9 Å². The maximum absolute atomic E-state index is 11.8. The lowest BCUT2D eigenvalue weighted by atomic mass is 10.00. The highest BCUT2D eigenvalue weighted by Crippen LogP contribution is 2.29. The molecule has 1 aliphatic rings. The molecule has 1 fully saturated rings. The number of piperidine rings is 1. The van der Waals surface area contributed by atoms with Gasteiger partial charge in [-0.2, -0.15) is 0 Å². The summed E-state index contributed by atoms with van der Waals surface area (Å²) in [6.45, 7) is 6.57. The molecule has 0 radical (unpaired) electrons. The lowest BCUT2D eigenvalue weighted by Gasteiger charge is -2.31. The van der Waals surface area contributed by atoms with Gasteiger partial charge in [0, 0.05) is 13.1 Å². The second-order valence-corrected chi connectivity index (χ2v) is 7.71. The number of ether oxygens (including phenoxy) is 1. The predicted octanol–water partition coefficient (Wildman–Crippen LogP) is 2.81. The number of rotatable bonds is 6. The largest absolute Gasteiger partial charge is 0.468 e. The Labute approximate surface area is 151 Å². The summed E-state index contributed by atoms with van der Waals surface area (Å²) in [7, 11) is 1.40. The standard InChI is InChI=1S/C17H24N4O3S/c1-12-6-8-20(9-7-12)16-18-19-17(25-13(2)15(22)23-3)21(16)11-14-5-4-10-24-14/h4-5,10,12-13H,6-9,11H2,1-3H3. The van der Waals surface area contributed by atoms with Crippen molar-refractivity contribution >= 4 is 23.7 Å². The highest BCUT2D eigenvalue weighted by atomic mass is 32.2. The van der Waals surface area contributed by atoms with Crippen molar-refractivity contribution in [3.8, 4) is 0 Å². The number of hydrogen-bond donors (Lipinski definition) is 0. The molecule has 3 rings (SSSR count). The number of furan rings is 1. The van der Waals surface area contributed by atoms with E-state index in [-0.39, 0.29) is 11.2 Å². The molecule has 2 aromatic heterocycles. The van der Waals surface area contributed by atoms with E-state index < -0.39 is 0 Å². The Morgan fingerprint density at radius 2 is 2.20 bits per heavy atom. The van der Waals surface area contributed by atoms with Crippen LogP contribution in [0.15, 0.2) is 28.0 Å². The monoisotopic (exact) mass is 364 g/mol. The first-order valence-corrected chi connectivity index (χ1v) is 9.41. The molecule has 1 aliphatic heterocycles. The third-order valence-electron chi connectivity index (χ3n) is 4.47. The van der Waals surface area contributed by atoms with Gasteiger partial charge in [-0.25, -0.2) is 0 Å². The minimum atomic E-state index is -0.348. The van der Waals surface area contributed by atoms with Crippen molar-refractivity contribution in [2.24, 2.45) is 5.92 Å². The fourth-order valence-electron chi connectivity index (χ4n) is 2.88. The SMILES string of the molecule is COC(=O)C(C)Sc1nnc(N2CCC(C)CC2)n1Cc1ccco1. The molecule has 136 valence electrons. The normalized spacial score (nSPS) is 16.8. The van der Waals surface area contributed by atoms with E-state index in [1.54, 1.807) is 6.26 Å². The highest BCUT2D eigenvalue weighted by Gasteiger charge is 2.25. The molecule has 0 saturated carbocycles. The van der Waals surface area contributed by atoms with Crippen LogP contribution in [0.4, 0.5) is 5.95 Å². The highest BCUT2D eigenvalue weighted by molar-refractivity contribution is 8.00. The summed E-state index contributed by atoms with van der Waals surface area (Å²) >= 11 is 1.36. The van der Waals surface area contributed by atoms with Crippen LogP contribution in [0.25, 0.3) is 0 Å². The topological polar surface area (TPSA) is 73.4 Å². The van der Waals surface area contributed by atoms with Gasteiger partial charge in [-0.3, -0.25) is 9.36 Å². The van der Waals surface area contributed by atoms with Crippen LogP contribution >= 0.6 is 11.8 Å². The second-order valence-electron chi connectivity index (χ2n) is 6.40. The molecular weight excluding hydrogens is 340 g/mol. The van der Waals surface area contributed by atoms with Gasteiger partial charge in [0.15, 0.2) is 5.16 Å². The maximum atomic E-state index is 11.8. The molecule has 25 heavy (non-hydrogen) atoms. The zero-order valence-electron chi connectivity index (χ0n) is 14.8. The van der Waals surface area contributed by atoms with Gasteiger partial charge in [0.2, 0.25) is 5.95 Å². The van der Waals surface area contributed by atoms with Crippen LogP contribution in [0.2, 0.25) is 0 Å². The summed E-state index contributed by atoms with van der Waals surface area (Å²) < 4.78 is 12.3. The van der Waals surface area contributed by atoms with E-state index in [1.807, 2.05) is 23.6 Å². The quantitative estimate of drug-likeness (QED) is 0.576. The van der Waals surface area contributed by atoms with Crippen LogP contribution in [0, 0.1) is 5.92 Å².